The molecule has 28 heavy (non-hydrogen) atoms. The Morgan fingerprint density at radius 1 is 1.04 bits per heavy atom. The Morgan fingerprint density at radius 3 is 2.46 bits per heavy atom. The largest absolute Gasteiger partial charge is 0.268 e. The van der Waals surface area contributed by atoms with Crippen molar-refractivity contribution in [3.8, 4) is 17.1 Å². The number of rotatable bonds is 4. The van der Waals surface area contributed by atoms with Crippen molar-refractivity contribution in [3.05, 3.63) is 88.7 Å². The van der Waals surface area contributed by atoms with Gasteiger partial charge in [-0.1, -0.05) is 38.1 Å². The van der Waals surface area contributed by atoms with Crippen molar-refractivity contribution < 1.29 is 4.39 Å². The second-order valence-corrected chi connectivity index (χ2v) is 6.86. The summed E-state index contributed by atoms with van der Waals surface area (Å²) in [6, 6.07) is 18.0. The van der Waals surface area contributed by atoms with E-state index in [1.165, 1.54) is 17.8 Å². The van der Waals surface area contributed by atoms with Gasteiger partial charge in [0.15, 0.2) is 0 Å². The number of benzene rings is 2. The SMILES string of the molecule is CCC(C)c1ccc(-n2c(-c3ccc(F)nc3)nc3ccccc3c2=O)cc1. The van der Waals surface area contributed by atoms with E-state index < -0.39 is 5.95 Å². The van der Waals surface area contributed by atoms with E-state index in [9.17, 15) is 9.18 Å². The van der Waals surface area contributed by atoms with Crippen molar-refractivity contribution in [1.29, 1.82) is 0 Å². The van der Waals surface area contributed by atoms with E-state index in [1.54, 1.807) is 22.8 Å². The van der Waals surface area contributed by atoms with Crippen LogP contribution in [-0.2, 0) is 0 Å². The quantitative estimate of drug-likeness (QED) is 0.468. The minimum absolute atomic E-state index is 0.166. The second kappa shape index (κ2) is 7.35. The second-order valence-electron chi connectivity index (χ2n) is 6.86. The van der Waals surface area contributed by atoms with Crippen LogP contribution in [0.25, 0.3) is 28.0 Å². The van der Waals surface area contributed by atoms with E-state index in [4.69, 9.17) is 0 Å². The molecule has 2 aromatic heterocycles. The van der Waals surface area contributed by atoms with Gasteiger partial charge in [0.1, 0.15) is 5.82 Å². The predicted molar refractivity (Wildman–Crippen MR) is 109 cm³/mol. The van der Waals surface area contributed by atoms with Crippen molar-refractivity contribution in [1.82, 2.24) is 14.5 Å². The van der Waals surface area contributed by atoms with Crippen LogP contribution < -0.4 is 5.56 Å². The van der Waals surface area contributed by atoms with Crippen LogP contribution in [0.1, 0.15) is 31.7 Å². The van der Waals surface area contributed by atoms with Gasteiger partial charge in [-0.2, -0.15) is 4.39 Å². The van der Waals surface area contributed by atoms with Gasteiger partial charge in [-0.3, -0.25) is 9.36 Å². The molecule has 2 aromatic carbocycles. The first-order chi connectivity index (χ1) is 13.6. The van der Waals surface area contributed by atoms with Gasteiger partial charge in [-0.25, -0.2) is 9.97 Å². The number of aromatic nitrogens is 3. The number of fused-ring (bicyclic) bond motifs is 1. The van der Waals surface area contributed by atoms with E-state index in [-0.39, 0.29) is 5.56 Å². The molecule has 5 heteroatoms. The van der Waals surface area contributed by atoms with Crippen molar-refractivity contribution >= 4 is 10.9 Å². The van der Waals surface area contributed by atoms with Crippen molar-refractivity contribution in [3.63, 3.8) is 0 Å². The van der Waals surface area contributed by atoms with Gasteiger partial charge in [0, 0.05) is 11.8 Å². The van der Waals surface area contributed by atoms with E-state index in [0.717, 1.165) is 12.1 Å². The third-order valence-corrected chi connectivity index (χ3v) is 5.09. The molecule has 4 nitrogen and oxygen atoms in total. The maximum absolute atomic E-state index is 13.3. The van der Waals surface area contributed by atoms with Gasteiger partial charge >= 0.3 is 0 Å². The summed E-state index contributed by atoms with van der Waals surface area (Å²) in [5.74, 6) is 0.310. The highest BCUT2D eigenvalue weighted by atomic mass is 19.1. The lowest BCUT2D eigenvalue weighted by Crippen LogP contribution is -2.22. The average Bonchev–Trinajstić information content (AvgIpc) is 2.74. The summed E-state index contributed by atoms with van der Waals surface area (Å²) >= 11 is 0. The van der Waals surface area contributed by atoms with Crippen molar-refractivity contribution in [2.24, 2.45) is 0 Å². The first-order valence-corrected chi connectivity index (χ1v) is 9.32. The summed E-state index contributed by atoms with van der Waals surface area (Å²) in [6.07, 6.45) is 2.44. The van der Waals surface area contributed by atoms with Crippen LogP contribution in [0.3, 0.4) is 0 Å². The molecule has 0 amide bonds. The zero-order valence-electron chi connectivity index (χ0n) is 15.8. The molecule has 0 spiro atoms. The molecule has 2 heterocycles. The van der Waals surface area contributed by atoms with Gasteiger partial charge in [-0.05, 0) is 54.3 Å². The molecule has 4 rings (SSSR count). The molecule has 0 radical (unpaired) electrons. The standard InChI is InChI=1S/C23H20FN3O/c1-3-15(2)16-8-11-18(12-9-16)27-22(17-10-13-21(24)25-14-17)26-20-7-5-4-6-19(20)23(27)28/h4-15H,3H2,1-2H3. The molecule has 0 saturated heterocycles. The van der Waals surface area contributed by atoms with E-state index in [0.29, 0.717) is 28.2 Å². The van der Waals surface area contributed by atoms with E-state index >= 15 is 0 Å². The van der Waals surface area contributed by atoms with Gasteiger partial charge in [-0.15, -0.1) is 0 Å². The zero-order valence-corrected chi connectivity index (χ0v) is 15.8. The van der Waals surface area contributed by atoms with Crippen molar-refractivity contribution in [2.45, 2.75) is 26.2 Å². The van der Waals surface area contributed by atoms with Crippen molar-refractivity contribution in [2.75, 3.05) is 0 Å². The molecule has 0 saturated carbocycles. The van der Waals surface area contributed by atoms with Gasteiger partial charge in [0.25, 0.3) is 5.56 Å². The van der Waals surface area contributed by atoms with Gasteiger partial charge < -0.3 is 0 Å². The van der Waals surface area contributed by atoms with Crippen LogP contribution in [0.4, 0.5) is 4.39 Å². The molecule has 0 aliphatic heterocycles. The molecule has 140 valence electrons. The number of para-hydroxylation sites is 1. The maximum Gasteiger partial charge on any atom is 0.266 e. The number of hydrogen-bond donors (Lipinski definition) is 0. The summed E-state index contributed by atoms with van der Waals surface area (Å²) in [5, 5.41) is 0.535. The van der Waals surface area contributed by atoms with Crippen LogP contribution in [0.2, 0.25) is 0 Å². The Morgan fingerprint density at radius 2 is 1.79 bits per heavy atom. The van der Waals surface area contributed by atoms with Crippen LogP contribution in [-0.4, -0.2) is 14.5 Å². The fourth-order valence-corrected chi connectivity index (χ4v) is 3.26. The highest BCUT2D eigenvalue weighted by Crippen LogP contribution is 2.24. The highest BCUT2D eigenvalue weighted by molar-refractivity contribution is 5.80. The predicted octanol–water partition coefficient (Wildman–Crippen LogP) is 5.10. The summed E-state index contributed by atoms with van der Waals surface area (Å²) < 4.78 is 14.9. The third kappa shape index (κ3) is 3.20. The Hall–Kier alpha value is -3.34. The normalized spacial score (nSPS) is 12.2. The summed E-state index contributed by atoms with van der Waals surface area (Å²) in [4.78, 5) is 21.7. The Kier molecular flexibility index (Phi) is 4.74. The lowest BCUT2D eigenvalue weighted by atomic mass is 9.98. The molecular formula is C23H20FN3O. The van der Waals surface area contributed by atoms with Crippen LogP contribution in [0.5, 0.6) is 0 Å². The summed E-state index contributed by atoms with van der Waals surface area (Å²) in [7, 11) is 0. The fourth-order valence-electron chi connectivity index (χ4n) is 3.26. The topological polar surface area (TPSA) is 47.8 Å². The Labute approximate surface area is 162 Å². The first kappa shape index (κ1) is 18.0. The maximum atomic E-state index is 13.3. The Balaban J connectivity index is 1.97. The molecule has 0 aliphatic rings. The van der Waals surface area contributed by atoms with Crippen LogP contribution in [0.15, 0.2) is 71.7 Å². The van der Waals surface area contributed by atoms with Gasteiger partial charge in [0.05, 0.1) is 16.6 Å². The fraction of sp³-hybridized carbons (Fsp3) is 0.174. The lowest BCUT2D eigenvalue weighted by Gasteiger charge is -2.15. The molecule has 1 unspecified atom stereocenters. The summed E-state index contributed by atoms with van der Waals surface area (Å²) in [5.41, 5.74) is 2.95. The molecular weight excluding hydrogens is 353 g/mol. The average molecular weight is 373 g/mol. The molecule has 0 N–H and O–H groups in total. The smallest absolute Gasteiger partial charge is 0.266 e. The summed E-state index contributed by atoms with van der Waals surface area (Å²) in [6.45, 7) is 4.32. The third-order valence-electron chi connectivity index (χ3n) is 5.09. The Bertz CT molecular complexity index is 1180. The number of pyridine rings is 1. The number of halogens is 1. The number of hydrogen-bond acceptors (Lipinski definition) is 3. The minimum Gasteiger partial charge on any atom is -0.268 e. The van der Waals surface area contributed by atoms with E-state index in [1.807, 2.05) is 36.4 Å². The highest BCUT2D eigenvalue weighted by Gasteiger charge is 2.15. The molecule has 0 fully saturated rings. The lowest BCUT2D eigenvalue weighted by molar-refractivity contribution is 0.584. The minimum atomic E-state index is -0.573. The zero-order chi connectivity index (χ0) is 19.7. The number of nitrogens with zero attached hydrogens (tertiary/aromatic N) is 3. The molecule has 4 aromatic rings. The molecule has 0 aliphatic carbocycles. The first-order valence-electron chi connectivity index (χ1n) is 9.32. The van der Waals surface area contributed by atoms with Gasteiger partial charge in [0.2, 0.25) is 5.95 Å². The monoisotopic (exact) mass is 373 g/mol. The molecule has 1 atom stereocenters. The van der Waals surface area contributed by atoms with Crippen LogP contribution in [0, 0.1) is 5.95 Å². The van der Waals surface area contributed by atoms with E-state index in [2.05, 4.69) is 23.8 Å². The van der Waals surface area contributed by atoms with Crippen LogP contribution >= 0.6 is 0 Å². The molecule has 0 bridgehead atoms.